The van der Waals surface area contributed by atoms with Crippen molar-refractivity contribution in [2.75, 3.05) is 17.9 Å². The molecule has 0 saturated heterocycles. The zero-order valence-corrected chi connectivity index (χ0v) is 22.6. The minimum absolute atomic E-state index is 0.0162. The minimum atomic E-state index is -4.20. The molecule has 0 aromatic heterocycles. The maximum absolute atomic E-state index is 13.7. The molecule has 0 spiro atoms. The number of halogens is 3. The number of hydrogen-bond acceptors (Lipinski definition) is 4. The topological polar surface area (TPSA) is 86.8 Å². The Labute approximate surface area is 225 Å². The number of sulfonamides is 1. The van der Waals surface area contributed by atoms with E-state index >= 15 is 0 Å². The van der Waals surface area contributed by atoms with Gasteiger partial charge in [-0.25, -0.2) is 8.42 Å². The maximum Gasteiger partial charge on any atom is 0.264 e. The van der Waals surface area contributed by atoms with Crippen LogP contribution in [0.3, 0.4) is 0 Å². The first-order valence-corrected chi connectivity index (χ1v) is 13.4. The van der Waals surface area contributed by atoms with Gasteiger partial charge in [0.05, 0.1) is 10.6 Å². The zero-order chi connectivity index (χ0) is 26.5. The molecular weight excluding hydrogens is 545 g/mol. The van der Waals surface area contributed by atoms with E-state index in [1.165, 1.54) is 42.3 Å². The predicted octanol–water partition coefficient (Wildman–Crippen LogP) is 5.01. The quantitative estimate of drug-likeness (QED) is 0.393. The molecule has 1 atom stereocenters. The third-order valence-electron chi connectivity index (χ3n) is 5.43. The zero-order valence-electron chi connectivity index (χ0n) is 19.5. The van der Waals surface area contributed by atoms with E-state index < -0.39 is 34.4 Å². The van der Waals surface area contributed by atoms with Gasteiger partial charge in [0.15, 0.2) is 0 Å². The van der Waals surface area contributed by atoms with Crippen LogP contribution in [0.1, 0.15) is 12.5 Å². The fraction of sp³-hybridized carbons (Fsp3) is 0.200. The Kier molecular flexibility index (Phi) is 9.24. The number of anilines is 1. The smallest absolute Gasteiger partial charge is 0.264 e. The summed E-state index contributed by atoms with van der Waals surface area (Å²) in [6, 6.07) is 17.9. The number of benzene rings is 3. The van der Waals surface area contributed by atoms with Crippen LogP contribution >= 0.6 is 34.8 Å². The summed E-state index contributed by atoms with van der Waals surface area (Å²) in [5.41, 5.74) is 0.829. The van der Waals surface area contributed by atoms with E-state index in [2.05, 4.69) is 5.32 Å². The van der Waals surface area contributed by atoms with Crippen molar-refractivity contribution < 1.29 is 18.0 Å². The van der Waals surface area contributed by atoms with Crippen LogP contribution < -0.4 is 9.62 Å². The van der Waals surface area contributed by atoms with Crippen LogP contribution in [-0.2, 0) is 26.2 Å². The highest BCUT2D eigenvalue weighted by molar-refractivity contribution is 7.92. The lowest BCUT2D eigenvalue weighted by Crippen LogP contribution is -2.50. The van der Waals surface area contributed by atoms with Crippen molar-refractivity contribution in [3.63, 3.8) is 0 Å². The molecule has 0 aliphatic heterocycles. The number of carbonyl (C=O) groups is 2. The Morgan fingerprint density at radius 1 is 0.889 bits per heavy atom. The van der Waals surface area contributed by atoms with E-state index in [1.807, 2.05) is 0 Å². The van der Waals surface area contributed by atoms with E-state index in [-0.39, 0.29) is 27.2 Å². The molecule has 7 nitrogen and oxygen atoms in total. The Morgan fingerprint density at radius 3 is 2.03 bits per heavy atom. The highest BCUT2D eigenvalue weighted by Crippen LogP contribution is 2.30. The van der Waals surface area contributed by atoms with Crippen LogP contribution in [0, 0.1) is 0 Å². The first-order chi connectivity index (χ1) is 17.0. The summed E-state index contributed by atoms with van der Waals surface area (Å²) < 4.78 is 28.2. The number of nitrogens with zero attached hydrogens (tertiary/aromatic N) is 2. The molecule has 0 aliphatic rings. The summed E-state index contributed by atoms with van der Waals surface area (Å²) in [4.78, 5) is 27.4. The molecule has 11 heteroatoms. The van der Waals surface area contributed by atoms with Gasteiger partial charge in [-0.1, -0.05) is 65.1 Å². The summed E-state index contributed by atoms with van der Waals surface area (Å²) in [7, 11) is -2.73. The summed E-state index contributed by atoms with van der Waals surface area (Å²) in [5.74, 6) is -1.00. The van der Waals surface area contributed by atoms with Gasteiger partial charge < -0.3 is 10.2 Å². The normalized spacial score (nSPS) is 12.0. The molecule has 0 fully saturated rings. The van der Waals surface area contributed by atoms with E-state index in [9.17, 15) is 18.0 Å². The summed E-state index contributed by atoms with van der Waals surface area (Å²) in [5, 5.41) is 3.46. The molecule has 3 aromatic carbocycles. The molecule has 36 heavy (non-hydrogen) atoms. The first-order valence-electron chi connectivity index (χ1n) is 10.8. The Bertz CT molecular complexity index is 1320. The van der Waals surface area contributed by atoms with Crippen LogP contribution in [0.5, 0.6) is 0 Å². The monoisotopic (exact) mass is 567 g/mol. The number of rotatable bonds is 9. The van der Waals surface area contributed by atoms with Gasteiger partial charge >= 0.3 is 0 Å². The average Bonchev–Trinajstić information content (AvgIpc) is 2.85. The first kappa shape index (κ1) is 27.8. The van der Waals surface area contributed by atoms with Crippen LogP contribution in [0.15, 0.2) is 77.7 Å². The molecule has 0 bridgehead atoms. The highest BCUT2D eigenvalue weighted by atomic mass is 35.5. The SMILES string of the molecule is CNC(=O)C(C)N(Cc1ccc(Cl)cc1)C(=O)CN(c1cc(Cl)cc(Cl)c1)S(=O)(=O)c1ccccc1. The Morgan fingerprint density at radius 2 is 1.47 bits per heavy atom. The van der Waals surface area contributed by atoms with E-state index in [0.717, 1.165) is 4.31 Å². The molecule has 3 rings (SSSR count). The number of nitrogens with one attached hydrogen (secondary N) is 1. The number of amides is 2. The lowest BCUT2D eigenvalue weighted by atomic mass is 10.1. The largest absolute Gasteiger partial charge is 0.357 e. The third kappa shape index (κ3) is 6.70. The van der Waals surface area contributed by atoms with Crippen molar-refractivity contribution in [3.8, 4) is 0 Å². The molecule has 0 heterocycles. The lowest BCUT2D eigenvalue weighted by molar-refractivity contribution is -0.139. The summed E-state index contributed by atoms with van der Waals surface area (Å²) >= 11 is 18.3. The summed E-state index contributed by atoms with van der Waals surface area (Å²) in [6.45, 7) is 1.03. The number of likely N-dealkylation sites (N-methyl/N-ethyl adjacent to an activating group) is 1. The molecule has 1 unspecified atom stereocenters. The van der Waals surface area contributed by atoms with Crippen molar-refractivity contribution >= 4 is 62.3 Å². The van der Waals surface area contributed by atoms with Crippen molar-refractivity contribution in [2.45, 2.75) is 24.4 Å². The van der Waals surface area contributed by atoms with Crippen molar-refractivity contribution in [2.24, 2.45) is 0 Å². The fourth-order valence-corrected chi connectivity index (χ4v) is 5.57. The van der Waals surface area contributed by atoms with Crippen molar-refractivity contribution in [1.29, 1.82) is 0 Å². The van der Waals surface area contributed by atoms with Gasteiger partial charge in [-0.3, -0.25) is 13.9 Å². The van der Waals surface area contributed by atoms with Gasteiger partial charge in [0, 0.05) is 28.7 Å². The average molecular weight is 569 g/mol. The second kappa shape index (κ2) is 12.0. The van der Waals surface area contributed by atoms with Crippen molar-refractivity contribution in [1.82, 2.24) is 10.2 Å². The Balaban J connectivity index is 2.05. The second-order valence-corrected chi connectivity index (χ2v) is 11.1. The van der Waals surface area contributed by atoms with Gasteiger partial charge in [0.2, 0.25) is 11.8 Å². The molecule has 0 radical (unpaired) electrons. The van der Waals surface area contributed by atoms with Crippen LogP contribution in [-0.4, -0.2) is 44.8 Å². The third-order valence-corrected chi connectivity index (χ3v) is 7.90. The van der Waals surface area contributed by atoms with Crippen LogP contribution in [0.2, 0.25) is 15.1 Å². The molecule has 3 aromatic rings. The minimum Gasteiger partial charge on any atom is -0.357 e. The van der Waals surface area contributed by atoms with Crippen molar-refractivity contribution in [3.05, 3.63) is 93.4 Å². The van der Waals surface area contributed by atoms with Gasteiger partial charge in [0.25, 0.3) is 10.0 Å². The van der Waals surface area contributed by atoms with Crippen LogP contribution in [0.25, 0.3) is 0 Å². The lowest BCUT2D eigenvalue weighted by Gasteiger charge is -2.32. The molecule has 0 saturated carbocycles. The van der Waals surface area contributed by atoms with Gasteiger partial charge in [-0.15, -0.1) is 0 Å². The van der Waals surface area contributed by atoms with Gasteiger partial charge in [-0.05, 0) is 55.0 Å². The standard InChI is InChI=1S/C25H24Cl3N3O4S/c1-17(25(33)29-2)30(15-18-8-10-19(26)11-9-18)24(32)16-31(22-13-20(27)12-21(28)14-22)36(34,35)23-6-4-3-5-7-23/h3-14,17H,15-16H2,1-2H3,(H,29,33). The maximum atomic E-state index is 13.7. The predicted molar refractivity (Wildman–Crippen MR) is 143 cm³/mol. The number of hydrogen-bond donors (Lipinski definition) is 1. The molecule has 2 amide bonds. The van der Waals surface area contributed by atoms with Gasteiger partial charge in [0.1, 0.15) is 12.6 Å². The van der Waals surface area contributed by atoms with Crippen LogP contribution in [0.4, 0.5) is 5.69 Å². The highest BCUT2D eigenvalue weighted by Gasteiger charge is 2.32. The molecular formula is C25H24Cl3N3O4S. The summed E-state index contributed by atoms with van der Waals surface area (Å²) in [6.07, 6.45) is 0. The van der Waals surface area contributed by atoms with Gasteiger partial charge in [-0.2, -0.15) is 0 Å². The number of carbonyl (C=O) groups excluding carboxylic acids is 2. The van der Waals surface area contributed by atoms with E-state index in [1.54, 1.807) is 49.4 Å². The Hall–Kier alpha value is -2.78. The molecule has 0 aliphatic carbocycles. The molecule has 190 valence electrons. The van der Waals surface area contributed by atoms with E-state index in [0.29, 0.717) is 10.6 Å². The second-order valence-electron chi connectivity index (χ2n) is 7.89. The fourth-order valence-electron chi connectivity index (χ4n) is 3.51. The molecule has 1 N–H and O–H groups in total. The van der Waals surface area contributed by atoms with E-state index in [4.69, 9.17) is 34.8 Å².